The number of allylic oxidation sites excluding steroid dienone is 2. The number of amides is 6. The highest BCUT2D eigenvalue weighted by Crippen LogP contribution is 2.32. The Labute approximate surface area is 381 Å². The van der Waals surface area contributed by atoms with Gasteiger partial charge in [-0.25, -0.2) is 0 Å². The predicted octanol–water partition coefficient (Wildman–Crippen LogP) is 2.64. The minimum absolute atomic E-state index is 0.00470. The third-order valence-electron chi connectivity index (χ3n) is 11.1. The molecule has 9 N–H and O–H groups in total. The molecule has 0 saturated heterocycles. The minimum atomic E-state index is -1.53. The maximum Gasteiger partial charge on any atom is 0.265 e. The Kier molecular flexibility index (Phi) is 19.2. The van der Waals surface area contributed by atoms with Crippen LogP contribution in [0.2, 0.25) is 0 Å². The van der Waals surface area contributed by atoms with E-state index in [0.717, 1.165) is 52.8 Å². The molecule has 0 bridgehead atoms. The molecule has 8 atom stereocenters. The van der Waals surface area contributed by atoms with Crippen LogP contribution in [0, 0.1) is 11.3 Å². The van der Waals surface area contributed by atoms with Crippen LogP contribution >= 0.6 is 21.6 Å². The number of rotatable bonds is 14. The summed E-state index contributed by atoms with van der Waals surface area (Å²) in [5.74, 6) is -4.75. The highest BCUT2D eigenvalue weighted by atomic mass is 33.1. The number of aldehydes is 1. The first-order valence-corrected chi connectivity index (χ1v) is 24.0. The zero-order chi connectivity index (χ0) is 46.0. The first kappa shape index (κ1) is 49.3. The number of benzene rings is 2. The Balaban J connectivity index is 1.52. The second kappa shape index (κ2) is 24.9. The molecule has 2 unspecified atom stereocenters. The molecule has 2 heterocycles. The van der Waals surface area contributed by atoms with Crippen LogP contribution < -0.4 is 37.2 Å². The Morgan fingerprint density at radius 3 is 2.17 bits per heavy atom. The lowest BCUT2D eigenvalue weighted by Crippen LogP contribution is -2.60. The molecule has 16 nitrogen and oxygen atoms in total. The SMILES string of the molecule is CCCCC[C@@H]1NC(=O)[C@@H](CC2=CNC3CCC=CC23)NC(=O)[C@H](Cc2ccccc2)NC(=O)[C@@H](NC(=O)C(=N)Cc2ccccc2)CSS/C=C(\C=O)NC(=O)[C@H]([C@@H](C)O)NC1=O. The smallest absolute Gasteiger partial charge is 0.265 e. The summed E-state index contributed by atoms with van der Waals surface area (Å²) in [5.41, 5.74) is 1.74. The van der Waals surface area contributed by atoms with Crippen molar-refractivity contribution in [1.29, 1.82) is 5.41 Å². The molecule has 2 aromatic rings. The van der Waals surface area contributed by atoms with Crippen molar-refractivity contribution in [1.82, 2.24) is 37.2 Å². The third kappa shape index (κ3) is 14.7. The van der Waals surface area contributed by atoms with E-state index < -0.39 is 71.8 Å². The summed E-state index contributed by atoms with van der Waals surface area (Å²) in [6.45, 7) is 3.28. The topological polar surface area (TPSA) is 248 Å². The van der Waals surface area contributed by atoms with Crippen LogP contribution in [0.5, 0.6) is 0 Å². The molecule has 2 aliphatic heterocycles. The van der Waals surface area contributed by atoms with E-state index in [1.807, 2.05) is 25.3 Å². The zero-order valence-electron chi connectivity index (χ0n) is 36.0. The molecule has 342 valence electrons. The van der Waals surface area contributed by atoms with Gasteiger partial charge >= 0.3 is 0 Å². The van der Waals surface area contributed by atoms with Crippen LogP contribution in [0.15, 0.2) is 95.7 Å². The van der Waals surface area contributed by atoms with Crippen molar-refractivity contribution in [2.75, 3.05) is 5.75 Å². The van der Waals surface area contributed by atoms with E-state index in [0.29, 0.717) is 23.8 Å². The monoisotopic (exact) mass is 914 g/mol. The van der Waals surface area contributed by atoms with E-state index in [9.17, 15) is 38.7 Å². The van der Waals surface area contributed by atoms with Crippen LogP contribution in [0.25, 0.3) is 0 Å². The molecular formula is C46H58N8O8S2. The first-order valence-electron chi connectivity index (χ1n) is 21.6. The Bertz CT molecular complexity index is 2080. The van der Waals surface area contributed by atoms with Gasteiger partial charge in [0.15, 0.2) is 6.29 Å². The van der Waals surface area contributed by atoms with Crippen LogP contribution in [0.1, 0.15) is 69.9 Å². The van der Waals surface area contributed by atoms with Crippen LogP contribution in [0.4, 0.5) is 0 Å². The molecule has 64 heavy (non-hydrogen) atoms. The summed E-state index contributed by atoms with van der Waals surface area (Å²) >= 11 is 0. The van der Waals surface area contributed by atoms with E-state index in [-0.39, 0.29) is 54.8 Å². The van der Waals surface area contributed by atoms with Crippen molar-refractivity contribution in [2.45, 2.75) is 114 Å². The molecule has 0 spiro atoms. The number of unbranched alkanes of at least 4 members (excludes halogenated alkanes) is 2. The van der Waals surface area contributed by atoms with Gasteiger partial charge in [0.25, 0.3) is 5.91 Å². The molecule has 0 aromatic heterocycles. The predicted molar refractivity (Wildman–Crippen MR) is 247 cm³/mol. The fourth-order valence-electron chi connectivity index (χ4n) is 7.56. The second-order valence-electron chi connectivity index (χ2n) is 16.1. The highest BCUT2D eigenvalue weighted by molar-refractivity contribution is 8.77. The van der Waals surface area contributed by atoms with Gasteiger partial charge in [-0.15, -0.1) is 0 Å². The van der Waals surface area contributed by atoms with Gasteiger partial charge in [0.2, 0.25) is 29.5 Å². The lowest BCUT2D eigenvalue weighted by Gasteiger charge is -2.29. The van der Waals surface area contributed by atoms with Crippen molar-refractivity contribution in [3.05, 3.63) is 107 Å². The first-order chi connectivity index (χ1) is 30.9. The lowest BCUT2D eigenvalue weighted by molar-refractivity contribution is -0.135. The molecule has 2 aromatic carbocycles. The highest BCUT2D eigenvalue weighted by Gasteiger charge is 2.37. The largest absolute Gasteiger partial charge is 0.391 e. The van der Waals surface area contributed by atoms with Crippen LogP contribution in [-0.2, 0) is 46.4 Å². The Morgan fingerprint density at radius 1 is 0.859 bits per heavy atom. The van der Waals surface area contributed by atoms with Gasteiger partial charge in [0.05, 0.1) is 11.8 Å². The summed E-state index contributed by atoms with van der Waals surface area (Å²) in [6, 6.07) is 11.5. The molecule has 0 saturated carbocycles. The summed E-state index contributed by atoms with van der Waals surface area (Å²) in [5, 5.41) is 40.0. The van der Waals surface area contributed by atoms with Gasteiger partial charge in [-0.3, -0.25) is 39.0 Å². The number of carbonyl (C=O) groups excluding carboxylic acids is 7. The number of hydrogen-bond donors (Lipinski definition) is 9. The van der Waals surface area contributed by atoms with E-state index in [1.165, 1.54) is 12.3 Å². The standard InChI is InChI=1S/C46H58N8O8S2/c1-3-4-7-20-36-42(58)54-40(28(2)56)46(62)49-32(25-55)26-63-64-27-39(53-41(57)34(47)21-29-14-8-5-9-15-29)45(61)51-37(22-30-16-10-6-11-17-30)43(59)52-38(44(60)50-36)23-31-24-48-35-19-13-12-18-33(31)35/h5-6,8-12,14-18,24-26,28,33,35-40,47-48,56H,3-4,7,13,19-23,27H2,1-2H3,(H,49,62)(H,50,60)(H,51,61)(H,52,59)(H,53,57)(H,54,58)/b32-26+,47-34?/t28-,33?,35?,36+,37+,38-,39+,40+/m1/s1. The normalized spacial score (nSPS) is 26.1. The van der Waals surface area contributed by atoms with Crippen molar-refractivity contribution < 1.29 is 38.7 Å². The minimum Gasteiger partial charge on any atom is -0.391 e. The lowest BCUT2D eigenvalue weighted by atomic mass is 9.85. The van der Waals surface area contributed by atoms with E-state index in [4.69, 9.17) is 5.41 Å². The van der Waals surface area contributed by atoms with Gasteiger partial charge in [-0.05, 0) is 55.5 Å². The fourth-order valence-corrected chi connectivity index (χ4v) is 9.46. The molecule has 18 heteroatoms. The number of aliphatic hydroxyl groups is 1. The van der Waals surface area contributed by atoms with E-state index in [2.05, 4.69) is 49.4 Å². The molecule has 0 radical (unpaired) electrons. The van der Waals surface area contributed by atoms with Gasteiger partial charge in [0.1, 0.15) is 35.9 Å². The number of hydrogen-bond acceptors (Lipinski definition) is 12. The van der Waals surface area contributed by atoms with Crippen molar-refractivity contribution in [3.8, 4) is 0 Å². The van der Waals surface area contributed by atoms with Crippen LogP contribution in [0.3, 0.4) is 0 Å². The zero-order valence-corrected chi connectivity index (χ0v) is 37.6. The summed E-state index contributed by atoms with van der Waals surface area (Å²) in [4.78, 5) is 96.4. The molecule has 5 rings (SSSR count). The van der Waals surface area contributed by atoms with E-state index >= 15 is 0 Å². The van der Waals surface area contributed by atoms with Gasteiger partial charge in [-0.1, -0.05) is 121 Å². The van der Waals surface area contributed by atoms with Crippen molar-refractivity contribution >= 4 is 69.0 Å². The summed E-state index contributed by atoms with van der Waals surface area (Å²) in [6.07, 6.45) is 9.01. The van der Waals surface area contributed by atoms with Gasteiger partial charge < -0.3 is 42.3 Å². The van der Waals surface area contributed by atoms with Crippen molar-refractivity contribution in [2.24, 2.45) is 5.92 Å². The summed E-state index contributed by atoms with van der Waals surface area (Å²) < 4.78 is 0. The van der Waals surface area contributed by atoms with E-state index in [1.54, 1.807) is 48.5 Å². The molecule has 3 aliphatic rings. The van der Waals surface area contributed by atoms with Gasteiger partial charge in [-0.2, -0.15) is 0 Å². The fraction of sp³-hybridized carbons (Fsp3) is 0.435. The maximum absolute atomic E-state index is 14.6. The number of fused-ring (bicyclic) bond motifs is 1. The number of aliphatic hydroxyl groups excluding tert-OH is 1. The average molecular weight is 915 g/mol. The molecule has 1 aliphatic carbocycles. The average Bonchev–Trinajstić information content (AvgIpc) is 3.70. The third-order valence-corrected chi connectivity index (χ3v) is 13.2. The quantitative estimate of drug-likeness (QED) is 0.0439. The van der Waals surface area contributed by atoms with Crippen molar-refractivity contribution in [3.63, 3.8) is 0 Å². The van der Waals surface area contributed by atoms with Crippen LogP contribution in [-0.4, -0.2) is 101 Å². The summed E-state index contributed by atoms with van der Waals surface area (Å²) in [7, 11) is 2.00. The molecule has 6 amide bonds. The second-order valence-corrected chi connectivity index (χ2v) is 18.3. The number of nitrogens with one attached hydrogen (secondary N) is 8. The Morgan fingerprint density at radius 2 is 1.50 bits per heavy atom. The van der Waals surface area contributed by atoms with Gasteiger partial charge in [0, 0.05) is 36.0 Å². The number of carbonyl (C=O) groups is 7. The molecule has 0 fully saturated rings. The molecular weight excluding hydrogens is 857 g/mol. The Hall–Kier alpha value is -5.72. The maximum atomic E-state index is 14.6.